The van der Waals surface area contributed by atoms with Crippen LogP contribution in [0.3, 0.4) is 0 Å². The van der Waals surface area contributed by atoms with Crippen molar-refractivity contribution in [2.75, 3.05) is 32.8 Å². The van der Waals surface area contributed by atoms with Crippen LogP contribution >= 0.6 is 23.2 Å². The molecule has 1 aliphatic rings. The molecule has 5 nitrogen and oxygen atoms in total. The summed E-state index contributed by atoms with van der Waals surface area (Å²) in [7, 11) is -3.59. The fraction of sp³-hybridized carbons (Fsp3) is 0.571. The molecule has 1 saturated heterocycles. The molecular weight excluding hydrogens is 347 g/mol. The number of rotatable bonds is 6. The van der Waals surface area contributed by atoms with E-state index in [4.69, 9.17) is 23.2 Å². The second kappa shape index (κ2) is 7.95. The number of sulfonamides is 1. The molecule has 1 aliphatic heterocycles. The Morgan fingerprint density at radius 3 is 2.77 bits per heavy atom. The van der Waals surface area contributed by atoms with Gasteiger partial charge in [0.15, 0.2) is 0 Å². The van der Waals surface area contributed by atoms with Crippen molar-refractivity contribution in [3.63, 3.8) is 0 Å². The standard InChI is InChI=1S/C14H20Cl2N2O3S/c15-13-4-3-12(8-14(13)16)22(20,21)17-5-7-18-6-1-2-11(9-18)10-19/h3-4,8,11,17,19H,1-2,5-7,9-10H2. The summed E-state index contributed by atoms with van der Waals surface area (Å²) >= 11 is 11.6. The summed E-state index contributed by atoms with van der Waals surface area (Å²) in [5.41, 5.74) is 0. The molecule has 1 unspecified atom stereocenters. The molecule has 1 atom stereocenters. The van der Waals surface area contributed by atoms with E-state index in [1.165, 1.54) is 18.2 Å². The first-order valence-corrected chi connectivity index (χ1v) is 9.44. The highest BCUT2D eigenvalue weighted by molar-refractivity contribution is 7.89. The zero-order valence-corrected chi connectivity index (χ0v) is 14.5. The van der Waals surface area contributed by atoms with Crippen molar-refractivity contribution in [2.45, 2.75) is 17.7 Å². The first-order valence-electron chi connectivity index (χ1n) is 7.20. The van der Waals surface area contributed by atoms with Gasteiger partial charge in [0, 0.05) is 26.2 Å². The van der Waals surface area contributed by atoms with Gasteiger partial charge in [-0.25, -0.2) is 13.1 Å². The van der Waals surface area contributed by atoms with Crippen LogP contribution in [-0.2, 0) is 10.0 Å². The van der Waals surface area contributed by atoms with Gasteiger partial charge in [-0.1, -0.05) is 23.2 Å². The van der Waals surface area contributed by atoms with Crippen LogP contribution in [-0.4, -0.2) is 51.2 Å². The predicted octanol–water partition coefficient (Wildman–Crippen LogP) is 1.98. The van der Waals surface area contributed by atoms with Gasteiger partial charge in [-0.15, -0.1) is 0 Å². The topological polar surface area (TPSA) is 69.6 Å². The van der Waals surface area contributed by atoms with Crippen LogP contribution in [0.1, 0.15) is 12.8 Å². The monoisotopic (exact) mass is 366 g/mol. The van der Waals surface area contributed by atoms with Crippen LogP contribution in [0.5, 0.6) is 0 Å². The fourth-order valence-electron chi connectivity index (χ4n) is 2.57. The Bertz CT molecular complexity index is 610. The van der Waals surface area contributed by atoms with Gasteiger partial charge in [0.1, 0.15) is 0 Å². The van der Waals surface area contributed by atoms with Gasteiger partial charge in [0.25, 0.3) is 0 Å². The van der Waals surface area contributed by atoms with Gasteiger partial charge >= 0.3 is 0 Å². The number of aliphatic hydroxyl groups excluding tert-OH is 1. The van der Waals surface area contributed by atoms with E-state index < -0.39 is 10.0 Å². The van der Waals surface area contributed by atoms with Crippen molar-refractivity contribution in [3.8, 4) is 0 Å². The van der Waals surface area contributed by atoms with Crippen LogP contribution < -0.4 is 4.72 Å². The molecule has 0 spiro atoms. The Balaban J connectivity index is 1.88. The number of halogens is 2. The Morgan fingerprint density at radius 2 is 2.09 bits per heavy atom. The summed E-state index contributed by atoms with van der Waals surface area (Å²) < 4.78 is 26.9. The predicted molar refractivity (Wildman–Crippen MR) is 87.9 cm³/mol. The minimum atomic E-state index is -3.59. The summed E-state index contributed by atoms with van der Waals surface area (Å²) in [6, 6.07) is 4.24. The molecule has 1 aromatic carbocycles. The zero-order chi connectivity index (χ0) is 16.2. The molecule has 1 heterocycles. The Hall–Kier alpha value is -0.370. The summed E-state index contributed by atoms with van der Waals surface area (Å²) in [6.45, 7) is 2.87. The molecule has 2 N–H and O–H groups in total. The summed E-state index contributed by atoms with van der Waals surface area (Å²) in [4.78, 5) is 2.27. The van der Waals surface area contributed by atoms with Crippen LogP contribution in [0.2, 0.25) is 10.0 Å². The molecule has 22 heavy (non-hydrogen) atoms. The Kier molecular flexibility index (Phi) is 6.49. The van der Waals surface area contributed by atoms with Crippen LogP contribution in [0.25, 0.3) is 0 Å². The van der Waals surface area contributed by atoms with Crippen molar-refractivity contribution in [3.05, 3.63) is 28.2 Å². The second-order valence-electron chi connectivity index (χ2n) is 5.47. The summed E-state index contributed by atoms with van der Waals surface area (Å²) in [5, 5.41) is 9.74. The molecule has 8 heteroatoms. The smallest absolute Gasteiger partial charge is 0.240 e. The van der Waals surface area contributed by atoms with E-state index in [0.29, 0.717) is 24.0 Å². The van der Waals surface area contributed by atoms with E-state index in [1.54, 1.807) is 0 Å². The van der Waals surface area contributed by atoms with Crippen molar-refractivity contribution in [1.29, 1.82) is 0 Å². The van der Waals surface area contributed by atoms with Gasteiger partial charge < -0.3 is 10.0 Å². The number of benzene rings is 1. The first-order chi connectivity index (χ1) is 10.4. The lowest BCUT2D eigenvalue weighted by atomic mass is 9.99. The molecule has 0 radical (unpaired) electrons. The molecule has 1 aromatic rings. The maximum Gasteiger partial charge on any atom is 0.240 e. The third kappa shape index (κ3) is 4.81. The average Bonchev–Trinajstić information content (AvgIpc) is 2.50. The zero-order valence-electron chi connectivity index (χ0n) is 12.1. The van der Waals surface area contributed by atoms with Gasteiger partial charge in [-0.2, -0.15) is 0 Å². The lowest BCUT2D eigenvalue weighted by Crippen LogP contribution is -2.41. The molecule has 0 amide bonds. The van der Waals surface area contributed by atoms with E-state index in [0.717, 1.165) is 25.9 Å². The summed E-state index contributed by atoms with van der Waals surface area (Å²) in [6.07, 6.45) is 2.06. The van der Waals surface area contributed by atoms with E-state index in [1.807, 2.05) is 0 Å². The van der Waals surface area contributed by atoms with E-state index in [9.17, 15) is 13.5 Å². The van der Waals surface area contributed by atoms with Crippen molar-refractivity contribution in [2.24, 2.45) is 5.92 Å². The number of nitrogens with one attached hydrogen (secondary N) is 1. The molecule has 2 rings (SSSR count). The third-order valence-electron chi connectivity index (χ3n) is 3.78. The van der Waals surface area contributed by atoms with Crippen molar-refractivity contribution < 1.29 is 13.5 Å². The van der Waals surface area contributed by atoms with Crippen LogP contribution in [0, 0.1) is 5.92 Å². The van der Waals surface area contributed by atoms with Gasteiger partial charge in [-0.05, 0) is 43.5 Å². The minimum Gasteiger partial charge on any atom is -0.396 e. The molecule has 1 fully saturated rings. The van der Waals surface area contributed by atoms with Gasteiger partial charge in [-0.3, -0.25) is 0 Å². The molecule has 0 saturated carbocycles. The number of likely N-dealkylation sites (tertiary alicyclic amines) is 1. The number of piperidine rings is 1. The fourth-order valence-corrected chi connectivity index (χ4v) is 3.98. The number of nitrogens with zero attached hydrogens (tertiary/aromatic N) is 1. The number of hydrogen-bond acceptors (Lipinski definition) is 4. The molecule has 124 valence electrons. The van der Waals surface area contributed by atoms with Gasteiger partial charge in [0.2, 0.25) is 10.0 Å². The maximum absolute atomic E-state index is 12.2. The van der Waals surface area contributed by atoms with E-state index in [2.05, 4.69) is 9.62 Å². The quantitative estimate of drug-likeness (QED) is 0.807. The average molecular weight is 367 g/mol. The highest BCUT2D eigenvalue weighted by Crippen LogP contribution is 2.24. The van der Waals surface area contributed by atoms with Crippen LogP contribution in [0.15, 0.2) is 23.1 Å². The SMILES string of the molecule is O=S(=O)(NCCN1CCCC(CO)C1)c1ccc(Cl)c(Cl)c1. The highest BCUT2D eigenvalue weighted by atomic mass is 35.5. The molecule has 0 aliphatic carbocycles. The molecule has 0 aromatic heterocycles. The maximum atomic E-state index is 12.2. The van der Waals surface area contributed by atoms with Crippen molar-refractivity contribution in [1.82, 2.24) is 9.62 Å². The van der Waals surface area contributed by atoms with Crippen LogP contribution in [0.4, 0.5) is 0 Å². The lowest BCUT2D eigenvalue weighted by Gasteiger charge is -2.31. The number of hydrogen-bond donors (Lipinski definition) is 2. The second-order valence-corrected chi connectivity index (χ2v) is 8.05. The normalized spacial score (nSPS) is 20.2. The minimum absolute atomic E-state index is 0.105. The summed E-state index contributed by atoms with van der Waals surface area (Å²) in [5.74, 6) is 0.292. The Morgan fingerprint density at radius 1 is 1.32 bits per heavy atom. The Labute approximate surface area is 141 Å². The lowest BCUT2D eigenvalue weighted by molar-refractivity contribution is 0.122. The largest absolute Gasteiger partial charge is 0.396 e. The van der Waals surface area contributed by atoms with E-state index in [-0.39, 0.29) is 16.5 Å². The molecular formula is C14H20Cl2N2O3S. The third-order valence-corrected chi connectivity index (χ3v) is 5.98. The highest BCUT2D eigenvalue weighted by Gasteiger charge is 2.20. The van der Waals surface area contributed by atoms with E-state index >= 15 is 0 Å². The molecule has 0 bridgehead atoms. The van der Waals surface area contributed by atoms with Crippen molar-refractivity contribution >= 4 is 33.2 Å². The first kappa shape index (κ1) is 18.0. The number of aliphatic hydroxyl groups is 1. The van der Waals surface area contributed by atoms with Gasteiger partial charge in [0.05, 0.1) is 14.9 Å².